The lowest BCUT2D eigenvalue weighted by atomic mass is 9.57. The standard InChI is InChI=1S/C14H24O2/c1-9-12(2)7-5-11-10(12)6-8-13(9,3)16-14(11,4)15/h9-11,15H,5-8H2,1-4H3/t9-,10-,11-,12-,13-,14-/m0/s1. The molecule has 4 bridgehead atoms. The molecule has 0 aromatic rings. The Morgan fingerprint density at radius 1 is 1.06 bits per heavy atom. The van der Waals surface area contributed by atoms with Gasteiger partial charge in [-0.2, -0.15) is 0 Å². The van der Waals surface area contributed by atoms with E-state index < -0.39 is 5.79 Å². The first-order valence-corrected chi connectivity index (χ1v) is 6.72. The third-order valence-corrected chi connectivity index (χ3v) is 6.31. The van der Waals surface area contributed by atoms with Gasteiger partial charge in [0.15, 0.2) is 5.79 Å². The highest BCUT2D eigenvalue weighted by atomic mass is 16.6. The Morgan fingerprint density at radius 2 is 1.69 bits per heavy atom. The van der Waals surface area contributed by atoms with Crippen LogP contribution in [0.2, 0.25) is 0 Å². The molecule has 2 aliphatic carbocycles. The van der Waals surface area contributed by atoms with Crippen molar-refractivity contribution >= 4 is 0 Å². The summed E-state index contributed by atoms with van der Waals surface area (Å²) in [7, 11) is 0. The first-order chi connectivity index (χ1) is 7.30. The van der Waals surface area contributed by atoms with Crippen molar-refractivity contribution in [2.75, 3.05) is 0 Å². The maximum Gasteiger partial charge on any atom is 0.166 e. The second kappa shape index (κ2) is 2.84. The van der Waals surface area contributed by atoms with Crippen molar-refractivity contribution in [2.45, 2.75) is 64.8 Å². The maximum absolute atomic E-state index is 10.6. The molecule has 4 fully saturated rings. The van der Waals surface area contributed by atoms with E-state index >= 15 is 0 Å². The van der Waals surface area contributed by atoms with Crippen LogP contribution in [0.3, 0.4) is 0 Å². The lowest BCUT2D eigenvalue weighted by Gasteiger charge is -2.50. The van der Waals surface area contributed by atoms with Gasteiger partial charge in [0.2, 0.25) is 0 Å². The van der Waals surface area contributed by atoms with Crippen molar-refractivity contribution in [3.05, 3.63) is 0 Å². The number of ether oxygens (including phenoxy) is 1. The highest BCUT2D eigenvalue weighted by molar-refractivity contribution is 5.11. The van der Waals surface area contributed by atoms with Crippen LogP contribution in [0.5, 0.6) is 0 Å². The molecule has 0 unspecified atom stereocenters. The average Bonchev–Trinajstić information content (AvgIpc) is 2.45. The number of aliphatic hydroxyl groups is 1. The Bertz CT molecular complexity index is 325. The lowest BCUT2D eigenvalue weighted by molar-refractivity contribution is -0.281. The number of hydrogen-bond donors (Lipinski definition) is 1. The third-order valence-electron chi connectivity index (χ3n) is 6.31. The summed E-state index contributed by atoms with van der Waals surface area (Å²) in [5, 5.41) is 10.6. The number of rotatable bonds is 0. The fourth-order valence-electron chi connectivity index (χ4n) is 5.07. The zero-order valence-electron chi connectivity index (χ0n) is 10.9. The van der Waals surface area contributed by atoms with E-state index in [2.05, 4.69) is 20.8 Å². The van der Waals surface area contributed by atoms with Crippen molar-refractivity contribution in [1.82, 2.24) is 0 Å². The molecule has 0 amide bonds. The number of hydrogen-bond acceptors (Lipinski definition) is 2. The van der Waals surface area contributed by atoms with Crippen LogP contribution in [0.25, 0.3) is 0 Å². The van der Waals surface area contributed by atoms with E-state index in [1.165, 1.54) is 12.8 Å². The van der Waals surface area contributed by atoms with Gasteiger partial charge in [0.05, 0.1) is 5.60 Å². The fraction of sp³-hybridized carbons (Fsp3) is 1.00. The molecule has 0 aromatic heterocycles. The van der Waals surface area contributed by atoms with Crippen molar-refractivity contribution in [1.29, 1.82) is 0 Å². The summed E-state index contributed by atoms with van der Waals surface area (Å²) < 4.78 is 6.14. The number of fused-ring (bicyclic) bond motifs is 2. The van der Waals surface area contributed by atoms with Crippen molar-refractivity contribution in [2.24, 2.45) is 23.2 Å². The highest BCUT2D eigenvalue weighted by Gasteiger charge is 2.65. The van der Waals surface area contributed by atoms with E-state index in [1.807, 2.05) is 6.92 Å². The van der Waals surface area contributed by atoms with Gasteiger partial charge in [-0.15, -0.1) is 0 Å². The van der Waals surface area contributed by atoms with Crippen LogP contribution in [0, 0.1) is 23.2 Å². The monoisotopic (exact) mass is 224 g/mol. The van der Waals surface area contributed by atoms with Crippen LogP contribution in [0.4, 0.5) is 0 Å². The molecule has 2 saturated heterocycles. The molecule has 2 saturated carbocycles. The molecule has 92 valence electrons. The molecule has 2 nitrogen and oxygen atoms in total. The predicted octanol–water partition coefficient (Wildman–Crippen LogP) is 2.95. The SMILES string of the molecule is C[C@H]1[C@]2(C)CC[C@H]3[C@@H]2CC[C@]1(C)O[C@]3(C)O. The van der Waals surface area contributed by atoms with Crippen LogP contribution >= 0.6 is 0 Å². The minimum absolute atomic E-state index is 0.121. The van der Waals surface area contributed by atoms with E-state index in [4.69, 9.17) is 4.74 Å². The summed E-state index contributed by atoms with van der Waals surface area (Å²) in [5.74, 6) is 0.661. The third kappa shape index (κ3) is 1.10. The topological polar surface area (TPSA) is 29.5 Å². The zero-order chi connectivity index (χ0) is 11.8. The Balaban J connectivity index is 2.13. The molecule has 4 rings (SSSR count). The average molecular weight is 224 g/mol. The predicted molar refractivity (Wildman–Crippen MR) is 62.8 cm³/mol. The molecule has 6 atom stereocenters. The van der Waals surface area contributed by atoms with E-state index in [1.54, 1.807) is 0 Å². The zero-order valence-corrected chi connectivity index (χ0v) is 10.9. The second-order valence-electron chi connectivity index (χ2n) is 6.99. The molecule has 2 heterocycles. The molecule has 1 N–H and O–H groups in total. The van der Waals surface area contributed by atoms with Gasteiger partial charge in [-0.05, 0) is 56.8 Å². The van der Waals surface area contributed by atoms with Crippen LogP contribution in [0.15, 0.2) is 0 Å². The van der Waals surface area contributed by atoms with Crippen LogP contribution < -0.4 is 0 Å². The van der Waals surface area contributed by atoms with E-state index in [0.717, 1.165) is 12.8 Å². The van der Waals surface area contributed by atoms with Gasteiger partial charge in [0, 0.05) is 5.92 Å². The van der Waals surface area contributed by atoms with Crippen molar-refractivity contribution in [3.63, 3.8) is 0 Å². The molecule has 4 aliphatic rings. The summed E-state index contributed by atoms with van der Waals surface area (Å²) in [6, 6.07) is 0. The van der Waals surface area contributed by atoms with E-state index in [0.29, 0.717) is 23.2 Å². The molecule has 0 spiro atoms. The lowest BCUT2D eigenvalue weighted by Crippen LogP contribution is -2.50. The highest BCUT2D eigenvalue weighted by Crippen LogP contribution is 2.66. The van der Waals surface area contributed by atoms with E-state index in [9.17, 15) is 5.11 Å². The summed E-state index contributed by atoms with van der Waals surface area (Å²) in [6.07, 6.45) is 4.74. The van der Waals surface area contributed by atoms with Gasteiger partial charge in [-0.3, -0.25) is 0 Å². The maximum atomic E-state index is 10.6. The molecular weight excluding hydrogens is 200 g/mol. The summed E-state index contributed by atoms with van der Waals surface area (Å²) in [5.41, 5.74) is 0.266. The van der Waals surface area contributed by atoms with Gasteiger partial charge in [0.1, 0.15) is 0 Å². The Morgan fingerprint density at radius 3 is 2.38 bits per heavy atom. The van der Waals surface area contributed by atoms with Crippen LogP contribution in [-0.4, -0.2) is 16.5 Å². The normalized spacial score (nSPS) is 64.7. The van der Waals surface area contributed by atoms with Crippen LogP contribution in [0.1, 0.15) is 53.4 Å². The first-order valence-electron chi connectivity index (χ1n) is 6.72. The molecular formula is C14H24O2. The van der Waals surface area contributed by atoms with Gasteiger partial charge in [0.25, 0.3) is 0 Å². The van der Waals surface area contributed by atoms with Gasteiger partial charge >= 0.3 is 0 Å². The smallest absolute Gasteiger partial charge is 0.166 e. The van der Waals surface area contributed by atoms with Gasteiger partial charge < -0.3 is 9.84 Å². The Hall–Kier alpha value is -0.0800. The Labute approximate surface area is 98.4 Å². The fourth-order valence-corrected chi connectivity index (χ4v) is 5.07. The minimum Gasteiger partial charge on any atom is -0.365 e. The molecule has 2 heteroatoms. The molecule has 2 aliphatic heterocycles. The van der Waals surface area contributed by atoms with Crippen LogP contribution in [-0.2, 0) is 4.74 Å². The summed E-state index contributed by atoms with van der Waals surface area (Å²) >= 11 is 0. The summed E-state index contributed by atoms with van der Waals surface area (Å²) in [6.45, 7) is 8.84. The molecule has 16 heavy (non-hydrogen) atoms. The Kier molecular flexibility index (Phi) is 1.96. The molecule has 0 radical (unpaired) electrons. The second-order valence-corrected chi connectivity index (χ2v) is 6.99. The largest absolute Gasteiger partial charge is 0.365 e. The van der Waals surface area contributed by atoms with E-state index in [-0.39, 0.29) is 5.60 Å². The first kappa shape index (κ1) is 11.0. The van der Waals surface area contributed by atoms with Gasteiger partial charge in [-0.1, -0.05) is 13.8 Å². The molecule has 0 aromatic carbocycles. The summed E-state index contributed by atoms with van der Waals surface area (Å²) in [4.78, 5) is 0. The minimum atomic E-state index is -0.904. The van der Waals surface area contributed by atoms with Crippen molar-refractivity contribution in [3.8, 4) is 0 Å². The quantitative estimate of drug-likeness (QED) is 0.685. The van der Waals surface area contributed by atoms with Gasteiger partial charge in [-0.25, -0.2) is 0 Å². The van der Waals surface area contributed by atoms with Crippen molar-refractivity contribution < 1.29 is 9.84 Å².